The summed E-state index contributed by atoms with van der Waals surface area (Å²) in [4.78, 5) is 4.20. The molecular formula is C16H18ClFN2. The maximum Gasteiger partial charge on any atom is 0.129 e. The molecule has 0 spiro atoms. The van der Waals surface area contributed by atoms with Crippen molar-refractivity contribution in [2.75, 3.05) is 6.54 Å². The lowest BCUT2D eigenvalue weighted by atomic mass is 9.98. The Bertz CT molecular complexity index is 586. The summed E-state index contributed by atoms with van der Waals surface area (Å²) in [6.07, 6.45) is 4.54. The zero-order valence-electron chi connectivity index (χ0n) is 11.7. The van der Waals surface area contributed by atoms with Gasteiger partial charge in [-0.25, -0.2) is 4.39 Å². The number of halogens is 2. The Morgan fingerprint density at radius 3 is 2.75 bits per heavy atom. The van der Waals surface area contributed by atoms with Crippen LogP contribution in [0.5, 0.6) is 0 Å². The topological polar surface area (TPSA) is 24.9 Å². The number of nitrogens with zero attached hydrogens (tertiary/aromatic N) is 1. The van der Waals surface area contributed by atoms with E-state index in [1.807, 2.05) is 13.0 Å². The Morgan fingerprint density at radius 2 is 2.10 bits per heavy atom. The monoisotopic (exact) mass is 292 g/mol. The molecule has 1 atom stereocenters. The third-order valence-electron chi connectivity index (χ3n) is 3.10. The maximum atomic E-state index is 14.2. The van der Waals surface area contributed by atoms with Gasteiger partial charge in [-0.2, -0.15) is 0 Å². The first-order chi connectivity index (χ1) is 9.61. The first-order valence-electron chi connectivity index (χ1n) is 6.71. The van der Waals surface area contributed by atoms with E-state index >= 15 is 0 Å². The smallest absolute Gasteiger partial charge is 0.129 e. The molecule has 0 amide bonds. The lowest BCUT2D eigenvalue weighted by Gasteiger charge is -2.20. The van der Waals surface area contributed by atoms with Gasteiger partial charge in [0, 0.05) is 23.0 Å². The third-order valence-corrected chi connectivity index (χ3v) is 3.34. The van der Waals surface area contributed by atoms with Crippen molar-refractivity contribution in [3.63, 3.8) is 0 Å². The zero-order valence-corrected chi connectivity index (χ0v) is 12.4. The van der Waals surface area contributed by atoms with E-state index in [0.717, 1.165) is 24.1 Å². The summed E-state index contributed by atoms with van der Waals surface area (Å²) < 4.78 is 14.2. The van der Waals surface area contributed by atoms with Gasteiger partial charge in [-0.1, -0.05) is 30.7 Å². The summed E-state index contributed by atoms with van der Waals surface area (Å²) in [5.74, 6) is -0.299. The van der Waals surface area contributed by atoms with Gasteiger partial charge in [0.25, 0.3) is 0 Å². The van der Waals surface area contributed by atoms with Crippen LogP contribution in [-0.4, -0.2) is 11.5 Å². The molecule has 1 heterocycles. The van der Waals surface area contributed by atoms with Gasteiger partial charge >= 0.3 is 0 Å². The van der Waals surface area contributed by atoms with E-state index in [1.165, 1.54) is 6.07 Å². The molecular weight excluding hydrogens is 275 g/mol. The second-order valence-electron chi connectivity index (χ2n) is 4.85. The molecule has 2 rings (SSSR count). The Morgan fingerprint density at radius 1 is 1.30 bits per heavy atom. The summed E-state index contributed by atoms with van der Waals surface area (Å²) in [6, 6.07) is 6.60. The second kappa shape index (κ2) is 6.82. The van der Waals surface area contributed by atoms with Crippen molar-refractivity contribution in [1.29, 1.82) is 0 Å². The maximum absolute atomic E-state index is 14.2. The minimum absolute atomic E-state index is 0.209. The molecule has 1 aromatic carbocycles. The van der Waals surface area contributed by atoms with Crippen LogP contribution >= 0.6 is 11.6 Å². The van der Waals surface area contributed by atoms with Gasteiger partial charge in [0.05, 0.1) is 6.04 Å². The van der Waals surface area contributed by atoms with Crippen molar-refractivity contribution in [2.45, 2.75) is 26.3 Å². The molecule has 0 bridgehead atoms. The summed E-state index contributed by atoms with van der Waals surface area (Å²) in [6.45, 7) is 4.86. The number of aromatic nitrogens is 1. The van der Waals surface area contributed by atoms with Gasteiger partial charge in [-0.3, -0.25) is 4.98 Å². The third kappa shape index (κ3) is 3.56. The molecule has 2 aromatic rings. The fourth-order valence-electron chi connectivity index (χ4n) is 2.17. The van der Waals surface area contributed by atoms with Gasteiger partial charge in [-0.05, 0) is 43.1 Å². The highest BCUT2D eigenvalue weighted by Gasteiger charge is 2.18. The molecule has 4 heteroatoms. The average molecular weight is 293 g/mol. The summed E-state index contributed by atoms with van der Waals surface area (Å²) in [7, 11) is 0. The first kappa shape index (κ1) is 14.9. The van der Waals surface area contributed by atoms with E-state index in [1.54, 1.807) is 24.5 Å². The Kier molecular flexibility index (Phi) is 5.10. The van der Waals surface area contributed by atoms with Crippen LogP contribution < -0.4 is 5.32 Å². The van der Waals surface area contributed by atoms with Crippen molar-refractivity contribution in [1.82, 2.24) is 10.3 Å². The van der Waals surface area contributed by atoms with Crippen molar-refractivity contribution in [2.24, 2.45) is 0 Å². The largest absolute Gasteiger partial charge is 0.306 e. The van der Waals surface area contributed by atoms with E-state index < -0.39 is 0 Å². The molecule has 0 saturated heterocycles. The molecule has 20 heavy (non-hydrogen) atoms. The molecule has 1 unspecified atom stereocenters. The molecule has 1 N–H and O–H groups in total. The molecule has 106 valence electrons. The highest BCUT2D eigenvalue weighted by Crippen LogP contribution is 2.26. The molecule has 0 fully saturated rings. The number of nitrogens with one attached hydrogen (secondary N) is 1. The highest BCUT2D eigenvalue weighted by atomic mass is 35.5. The molecule has 0 radical (unpaired) electrons. The van der Waals surface area contributed by atoms with Crippen LogP contribution in [0.2, 0.25) is 5.02 Å². The zero-order chi connectivity index (χ0) is 14.5. The Labute approximate surface area is 124 Å². The standard InChI is InChI=1S/C16H18ClFN2/c1-3-6-20-16(12-7-11(2)9-19-10-12)14-5-4-13(17)8-15(14)18/h4-5,7-10,16,20H,3,6H2,1-2H3. The lowest BCUT2D eigenvalue weighted by molar-refractivity contribution is 0.546. The van der Waals surface area contributed by atoms with Gasteiger partial charge in [0.1, 0.15) is 5.82 Å². The van der Waals surface area contributed by atoms with E-state index in [9.17, 15) is 4.39 Å². The second-order valence-corrected chi connectivity index (χ2v) is 5.29. The quantitative estimate of drug-likeness (QED) is 0.890. The minimum Gasteiger partial charge on any atom is -0.306 e. The van der Waals surface area contributed by atoms with Crippen LogP contribution in [0.25, 0.3) is 0 Å². The van der Waals surface area contributed by atoms with Crippen molar-refractivity contribution in [3.8, 4) is 0 Å². The van der Waals surface area contributed by atoms with Crippen LogP contribution in [0.15, 0.2) is 36.7 Å². The Hall–Kier alpha value is -1.45. The molecule has 1 aromatic heterocycles. The predicted octanol–water partition coefficient (Wildman–Crippen LogP) is 4.27. The van der Waals surface area contributed by atoms with E-state index in [-0.39, 0.29) is 11.9 Å². The highest BCUT2D eigenvalue weighted by molar-refractivity contribution is 6.30. The normalized spacial score (nSPS) is 12.4. The Balaban J connectivity index is 2.41. The van der Waals surface area contributed by atoms with Crippen molar-refractivity contribution >= 4 is 11.6 Å². The molecule has 0 saturated carbocycles. The summed E-state index contributed by atoms with van der Waals surface area (Å²) in [5.41, 5.74) is 2.61. The summed E-state index contributed by atoms with van der Waals surface area (Å²) in [5, 5.41) is 3.77. The number of aryl methyl sites for hydroxylation is 1. The van der Waals surface area contributed by atoms with Crippen LogP contribution in [0.4, 0.5) is 4.39 Å². The van der Waals surface area contributed by atoms with Gasteiger partial charge < -0.3 is 5.32 Å². The average Bonchev–Trinajstić information content (AvgIpc) is 2.41. The van der Waals surface area contributed by atoms with Gasteiger partial charge in [0.2, 0.25) is 0 Å². The van der Waals surface area contributed by atoms with Crippen LogP contribution in [0.3, 0.4) is 0 Å². The summed E-state index contributed by atoms with van der Waals surface area (Å²) >= 11 is 5.82. The van der Waals surface area contributed by atoms with Gasteiger partial charge in [0.15, 0.2) is 0 Å². The van der Waals surface area contributed by atoms with Crippen LogP contribution in [0.1, 0.15) is 36.1 Å². The number of pyridine rings is 1. The fourth-order valence-corrected chi connectivity index (χ4v) is 2.33. The molecule has 0 aliphatic heterocycles. The molecule has 0 aliphatic carbocycles. The van der Waals surface area contributed by atoms with E-state index in [2.05, 4.69) is 17.2 Å². The fraction of sp³-hybridized carbons (Fsp3) is 0.312. The predicted molar refractivity (Wildman–Crippen MR) is 80.5 cm³/mol. The first-order valence-corrected chi connectivity index (χ1v) is 7.09. The molecule has 0 aliphatic rings. The van der Waals surface area contributed by atoms with Crippen LogP contribution in [-0.2, 0) is 0 Å². The van der Waals surface area contributed by atoms with E-state index in [0.29, 0.717) is 10.6 Å². The number of benzene rings is 1. The van der Waals surface area contributed by atoms with E-state index in [4.69, 9.17) is 11.6 Å². The lowest BCUT2D eigenvalue weighted by Crippen LogP contribution is -2.24. The molecule has 2 nitrogen and oxygen atoms in total. The van der Waals surface area contributed by atoms with Crippen molar-refractivity contribution < 1.29 is 4.39 Å². The number of rotatable bonds is 5. The number of hydrogen-bond acceptors (Lipinski definition) is 2. The van der Waals surface area contributed by atoms with Crippen molar-refractivity contribution in [3.05, 3.63) is 64.2 Å². The number of hydrogen-bond donors (Lipinski definition) is 1. The minimum atomic E-state index is -0.299. The van der Waals surface area contributed by atoms with Gasteiger partial charge in [-0.15, -0.1) is 0 Å². The SMILES string of the molecule is CCCNC(c1cncc(C)c1)c1ccc(Cl)cc1F. The van der Waals surface area contributed by atoms with Crippen LogP contribution in [0, 0.1) is 12.7 Å².